The highest BCUT2D eigenvalue weighted by Crippen LogP contribution is 2.46. The van der Waals surface area contributed by atoms with E-state index in [1.54, 1.807) is 4.31 Å². The van der Waals surface area contributed by atoms with E-state index in [1.165, 1.54) is 16.3 Å². The Bertz CT molecular complexity index is 1050. The van der Waals surface area contributed by atoms with Gasteiger partial charge in [-0.1, -0.05) is 38.0 Å². The smallest absolute Gasteiger partial charge is 0.280 e. The second-order valence-electron chi connectivity index (χ2n) is 9.96. The maximum Gasteiger partial charge on any atom is 0.280 e. The normalized spacial score (nSPS) is 27.3. The topological polar surface area (TPSA) is 68.4 Å². The largest absolute Gasteiger partial charge is 0.371 e. The van der Waals surface area contributed by atoms with Crippen molar-refractivity contribution in [2.45, 2.75) is 76.3 Å². The molecular formula is C24H36N4O2S. The molecule has 170 valence electrons. The maximum absolute atomic E-state index is 13.2. The second kappa shape index (κ2) is 8.41. The van der Waals surface area contributed by atoms with Crippen LogP contribution in [0, 0.1) is 5.92 Å². The summed E-state index contributed by atoms with van der Waals surface area (Å²) in [5.74, 6) is 0.550. The molecule has 0 bridgehead atoms. The first kappa shape index (κ1) is 21.3. The zero-order chi connectivity index (χ0) is 21.5. The number of aromatic amines is 1. The van der Waals surface area contributed by atoms with Gasteiger partial charge in [-0.15, -0.1) is 0 Å². The van der Waals surface area contributed by atoms with Gasteiger partial charge in [-0.2, -0.15) is 17.4 Å². The van der Waals surface area contributed by atoms with Crippen LogP contribution in [0.1, 0.15) is 64.7 Å². The number of rotatable bonds is 4. The van der Waals surface area contributed by atoms with Crippen LogP contribution in [0.15, 0.2) is 24.4 Å². The van der Waals surface area contributed by atoms with Gasteiger partial charge in [-0.05, 0) is 56.9 Å². The molecule has 0 aromatic carbocycles. The molecule has 6 nitrogen and oxygen atoms in total. The van der Waals surface area contributed by atoms with Crippen LogP contribution < -0.4 is 15.3 Å². The first-order valence-corrected chi connectivity index (χ1v) is 13.5. The first-order chi connectivity index (χ1) is 15.0. The van der Waals surface area contributed by atoms with Gasteiger partial charge in [0.15, 0.2) is 0 Å². The van der Waals surface area contributed by atoms with Gasteiger partial charge in [0.2, 0.25) is 0 Å². The second-order valence-corrected chi connectivity index (χ2v) is 11.6. The fourth-order valence-electron chi connectivity index (χ4n) is 5.63. The van der Waals surface area contributed by atoms with Crippen LogP contribution in [0.2, 0.25) is 0 Å². The average molecular weight is 445 g/mol. The molecule has 5 rings (SSSR count). The lowest BCUT2D eigenvalue weighted by atomic mass is 10.0. The quantitative estimate of drug-likeness (QED) is 0.700. The van der Waals surface area contributed by atoms with Crippen molar-refractivity contribution in [1.29, 1.82) is 0 Å². The highest BCUT2D eigenvalue weighted by Gasteiger charge is 2.56. The fourth-order valence-corrected chi connectivity index (χ4v) is 7.49. The number of hydrogen-bond acceptors (Lipinski definition) is 3. The molecular weight excluding hydrogens is 408 g/mol. The lowest BCUT2D eigenvalue weighted by Gasteiger charge is -2.43. The molecule has 1 atom stereocenters. The number of hydrogen-bond donors (Lipinski definition) is 2. The van der Waals surface area contributed by atoms with Gasteiger partial charge < -0.3 is 9.88 Å². The number of H-pyrrole nitrogens is 1. The molecule has 2 N–H and O–H groups in total. The molecule has 1 saturated heterocycles. The molecule has 4 aliphatic rings. The summed E-state index contributed by atoms with van der Waals surface area (Å²) < 4.78 is 31.3. The third-order valence-electron chi connectivity index (χ3n) is 7.55. The Morgan fingerprint density at radius 3 is 2.77 bits per heavy atom. The zero-order valence-electron chi connectivity index (χ0n) is 18.6. The Morgan fingerprint density at radius 1 is 1.19 bits per heavy atom. The Balaban J connectivity index is 1.41. The Labute approximate surface area is 186 Å². The minimum absolute atomic E-state index is 0.124. The number of allylic oxidation sites excluding steroid dienone is 2. The molecule has 2 heterocycles. The van der Waals surface area contributed by atoms with Crippen molar-refractivity contribution in [3.8, 4) is 0 Å². The van der Waals surface area contributed by atoms with Gasteiger partial charge in [-0.25, -0.2) is 0 Å². The molecule has 0 amide bonds. The molecule has 3 fully saturated rings. The van der Waals surface area contributed by atoms with Crippen LogP contribution in [0.3, 0.4) is 0 Å². The van der Waals surface area contributed by atoms with E-state index >= 15 is 0 Å². The van der Waals surface area contributed by atoms with Crippen molar-refractivity contribution in [2.75, 3.05) is 19.6 Å². The SMILES string of the molecule is CC1C=CCCC(N2CCN(S(=O)(=O)NC3CCCC3)C3(CC3)C2)=c2cc[nH]c2=CC1. The van der Waals surface area contributed by atoms with Crippen LogP contribution in [0.4, 0.5) is 0 Å². The molecule has 31 heavy (non-hydrogen) atoms. The van der Waals surface area contributed by atoms with E-state index < -0.39 is 10.2 Å². The molecule has 1 aromatic rings. The molecule has 1 aromatic heterocycles. The zero-order valence-corrected chi connectivity index (χ0v) is 19.5. The predicted octanol–water partition coefficient (Wildman–Crippen LogP) is 2.21. The molecule has 1 spiro atoms. The Morgan fingerprint density at radius 2 is 2.00 bits per heavy atom. The molecule has 0 radical (unpaired) electrons. The number of nitrogens with one attached hydrogen (secondary N) is 2. The number of aromatic nitrogens is 1. The van der Waals surface area contributed by atoms with E-state index in [2.05, 4.69) is 45.8 Å². The van der Waals surface area contributed by atoms with E-state index in [9.17, 15) is 8.42 Å². The van der Waals surface area contributed by atoms with Gasteiger partial charge in [0.1, 0.15) is 0 Å². The summed E-state index contributed by atoms with van der Waals surface area (Å²) in [7, 11) is -3.42. The number of nitrogens with zero attached hydrogens (tertiary/aromatic N) is 2. The fraction of sp³-hybridized carbons (Fsp3) is 0.667. The summed E-state index contributed by atoms with van der Waals surface area (Å²) in [5.41, 5.74) is 1.13. The lowest BCUT2D eigenvalue weighted by Crippen LogP contribution is -2.60. The molecule has 7 heteroatoms. The van der Waals surface area contributed by atoms with Gasteiger partial charge in [0, 0.05) is 48.1 Å². The first-order valence-electron chi connectivity index (χ1n) is 12.1. The summed E-state index contributed by atoms with van der Waals surface area (Å²) in [5, 5.41) is 2.50. The van der Waals surface area contributed by atoms with Crippen LogP contribution in [0.25, 0.3) is 11.8 Å². The van der Waals surface area contributed by atoms with Crippen LogP contribution in [-0.4, -0.2) is 53.8 Å². The van der Waals surface area contributed by atoms with Gasteiger partial charge in [0.05, 0.1) is 5.54 Å². The number of piperazine rings is 1. The highest BCUT2D eigenvalue weighted by atomic mass is 32.2. The van der Waals surface area contributed by atoms with Gasteiger partial charge in [-0.3, -0.25) is 0 Å². The van der Waals surface area contributed by atoms with Gasteiger partial charge >= 0.3 is 0 Å². The summed E-state index contributed by atoms with van der Waals surface area (Å²) in [6.45, 7) is 4.39. The summed E-state index contributed by atoms with van der Waals surface area (Å²) >= 11 is 0. The van der Waals surface area contributed by atoms with Crippen LogP contribution >= 0.6 is 0 Å². The molecule has 1 unspecified atom stereocenters. The third-order valence-corrected chi connectivity index (χ3v) is 9.33. The van der Waals surface area contributed by atoms with Crippen LogP contribution in [-0.2, 0) is 10.2 Å². The van der Waals surface area contributed by atoms with Crippen LogP contribution in [0.5, 0.6) is 0 Å². The predicted molar refractivity (Wildman–Crippen MR) is 125 cm³/mol. The van der Waals surface area contributed by atoms with Crippen molar-refractivity contribution < 1.29 is 8.42 Å². The lowest BCUT2D eigenvalue weighted by molar-refractivity contribution is 0.163. The van der Waals surface area contributed by atoms with E-state index in [0.29, 0.717) is 12.5 Å². The summed E-state index contributed by atoms with van der Waals surface area (Å²) in [6, 6.07) is 2.32. The van der Waals surface area contributed by atoms with Gasteiger partial charge in [0.25, 0.3) is 10.2 Å². The Kier molecular flexibility index (Phi) is 5.78. The molecule has 3 aliphatic carbocycles. The van der Waals surface area contributed by atoms with Crippen molar-refractivity contribution in [1.82, 2.24) is 18.9 Å². The molecule has 1 aliphatic heterocycles. The summed E-state index contributed by atoms with van der Waals surface area (Å²) in [4.78, 5) is 5.91. The van der Waals surface area contributed by atoms with E-state index in [4.69, 9.17) is 0 Å². The van der Waals surface area contributed by atoms with Crippen molar-refractivity contribution >= 4 is 22.0 Å². The minimum atomic E-state index is -3.42. The maximum atomic E-state index is 13.2. The average Bonchev–Trinajstić information content (AvgIpc) is 3.13. The van der Waals surface area contributed by atoms with Crippen molar-refractivity contribution in [3.63, 3.8) is 0 Å². The van der Waals surface area contributed by atoms with E-state index in [-0.39, 0.29) is 11.6 Å². The summed E-state index contributed by atoms with van der Waals surface area (Å²) in [6.07, 6.45) is 18.2. The highest BCUT2D eigenvalue weighted by molar-refractivity contribution is 7.87. The molecule has 2 saturated carbocycles. The number of fused-ring (bicyclic) bond motifs is 1. The van der Waals surface area contributed by atoms with E-state index in [0.717, 1.165) is 70.9 Å². The van der Waals surface area contributed by atoms with Crippen molar-refractivity contribution in [3.05, 3.63) is 35.0 Å². The Hall–Kier alpha value is -1.57. The minimum Gasteiger partial charge on any atom is -0.371 e. The van der Waals surface area contributed by atoms with Crippen molar-refractivity contribution in [2.24, 2.45) is 5.92 Å². The van der Waals surface area contributed by atoms with E-state index in [1.807, 2.05) is 6.20 Å². The third kappa shape index (κ3) is 4.37. The monoisotopic (exact) mass is 444 g/mol. The standard InChI is InChI=1S/C24H36N4O2S/c1-19-6-2-5-9-23(21-12-15-25-22(21)11-10-19)27-16-17-28(24(18-27)13-14-24)31(29,30)26-20-7-3-4-8-20/h2,6,11-12,15,19-20,25-26H,3-5,7-10,13-14,16-18H2,1H3.